The normalized spacial score (nSPS) is 10.7. The predicted molar refractivity (Wildman–Crippen MR) is 99.8 cm³/mol. The third-order valence-corrected chi connectivity index (χ3v) is 3.46. The molecule has 0 amide bonds. The molecule has 0 saturated heterocycles. The minimum absolute atomic E-state index is 0.407. The van der Waals surface area contributed by atoms with Crippen molar-refractivity contribution in [1.82, 2.24) is 0 Å². The largest absolute Gasteiger partial charge is 0.497 e. The van der Waals surface area contributed by atoms with Crippen molar-refractivity contribution in [3.8, 4) is 23.3 Å². The van der Waals surface area contributed by atoms with Crippen molar-refractivity contribution in [2.45, 2.75) is 6.92 Å². The van der Waals surface area contributed by atoms with Crippen LogP contribution in [0.15, 0.2) is 55.1 Å². The maximum absolute atomic E-state index is 9.49. The Labute approximate surface area is 148 Å². The van der Waals surface area contributed by atoms with E-state index in [1.54, 1.807) is 13.2 Å². The van der Waals surface area contributed by atoms with Gasteiger partial charge in [-0.05, 0) is 60.5 Å². The molecule has 0 saturated carbocycles. The van der Waals surface area contributed by atoms with Gasteiger partial charge in [-0.15, -0.1) is 0 Å². The summed E-state index contributed by atoms with van der Waals surface area (Å²) in [5.41, 5.74) is 2.25. The van der Waals surface area contributed by atoms with Gasteiger partial charge in [-0.25, -0.2) is 0 Å². The SMILES string of the molecule is C=CCOc1ccc(/C=C(\C#N)c2ccc(OC)cc2)cc1OCC. The van der Waals surface area contributed by atoms with Gasteiger partial charge in [0.25, 0.3) is 0 Å². The van der Waals surface area contributed by atoms with E-state index in [1.165, 1.54) is 0 Å². The Hall–Kier alpha value is -3.19. The Morgan fingerprint density at radius 2 is 1.88 bits per heavy atom. The molecule has 0 aliphatic carbocycles. The quantitative estimate of drug-likeness (QED) is 0.398. The number of hydrogen-bond donors (Lipinski definition) is 0. The first-order valence-corrected chi connectivity index (χ1v) is 7.98. The molecule has 2 aromatic carbocycles. The maximum Gasteiger partial charge on any atom is 0.161 e. The molecule has 0 bridgehead atoms. The van der Waals surface area contributed by atoms with Crippen LogP contribution in [-0.4, -0.2) is 20.3 Å². The van der Waals surface area contributed by atoms with E-state index in [-0.39, 0.29) is 0 Å². The van der Waals surface area contributed by atoms with Gasteiger partial charge >= 0.3 is 0 Å². The van der Waals surface area contributed by atoms with Crippen LogP contribution in [0.5, 0.6) is 17.2 Å². The second kappa shape index (κ2) is 9.19. The molecule has 2 rings (SSSR count). The molecule has 0 aliphatic rings. The fraction of sp³-hybridized carbons (Fsp3) is 0.190. The predicted octanol–water partition coefficient (Wildman–Crippen LogP) is 4.72. The summed E-state index contributed by atoms with van der Waals surface area (Å²) in [4.78, 5) is 0. The van der Waals surface area contributed by atoms with E-state index >= 15 is 0 Å². The molecule has 128 valence electrons. The second-order valence-corrected chi connectivity index (χ2v) is 5.14. The highest BCUT2D eigenvalue weighted by molar-refractivity contribution is 5.90. The van der Waals surface area contributed by atoms with Crippen molar-refractivity contribution in [1.29, 1.82) is 5.26 Å². The van der Waals surface area contributed by atoms with Crippen LogP contribution < -0.4 is 14.2 Å². The van der Waals surface area contributed by atoms with Gasteiger partial charge in [0, 0.05) is 0 Å². The number of ether oxygens (including phenoxy) is 3. The third-order valence-electron chi connectivity index (χ3n) is 3.46. The number of nitriles is 1. The van der Waals surface area contributed by atoms with E-state index in [2.05, 4.69) is 12.6 Å². The minimum Gasteiger partial charge on any atom is -0.497 e. The van der Waals surface area contributed by atoms with Gasteiger partial charge in [-0.2, -0.15) is 5.26 Å². The van der Waals surface area contributed by atoms with Crippen LogP contribution in [0.1, 0.15) is 18.1 Å². The molecule has 0 unspecified atom stereocenters. The molecular formula is C21H21NO3. The van der Waals surface area contributed by atoms with Gasteiger partial charge in [0.1, 0.15) is 12.4 Å². The number of hydrogen-bond acceptors (Lipinski definition) is 4. The van der Waals surface area contributed by atoms with Crippen LogP contribution in [0.25, 0.3) is 11.6 Å². The molecular weight excluding hydrogens is 314 g/mol. The molecule has 4 heteroatoms. The monoisotopic (exact) mass is 335 g/mol. The fourth-order valence-electron chi connectivity index (χ4n) is 2.27. The van der Waals surface area contributed by atoms with E-state index in [4.69, 9.17) is 14.2 Å². The Morgan fingerprint density at radius 1 is 1.12 bits per heavy atom. The number of allylic oxidation sites excluding steroid dienone is 1. The summed E-state index contributed by atoms with van der Waals surface area (Å²) in [5, 5.41) is 9.49. The Morgan fingerprint density at radius 3 is 2.48 bits per heavy atom. The number of benzene rings is 2. The zero-order valence-corrected chi connectivity index (χ0v) is 14.5. The van der Waals surface area contributed by atoms with Crippen LogP contribution in [-0.2, 0) is 0 Å². The van der Waals surface area contributed by atoms with E-state index < -0.39 is 0 Å². The smallest absolute Gasteiger partial charge is 0.161 e. The highest BCUT2D eigenvalue weighted by Gasteiger charge is 2.07. The van der Waals surface area contributed by atoms with Gasteiger partial charge in [0.15, 0.2) is 11.5 Å². The first kappa shape index (κ1) is 18.2. The summed E-state index contributed by atoms with van der Waals surface area (Å²) in [6, 6.07) is 15.2. The minimum atomic E-state index is 0.407. The second-order valence-electron chi connectivity index (χ2n) is 5.14. The molecule has 0 radical (unpaired) electrons. The summed E-state index contributed by atoms with van der Waals surface area (Å²) in [6.07, 6.45) is 3.50. The van der Waals surface area contributed by atoms with Crippen molar-refractivity contribution in [2.75, 3.05) is 20.3 Å². The topological polar surface area (TPSA) is 51.5 Å². The lowest BCUT2D eigenvalue weighted by Crippen LogP contribution is -1.99. The van der Waals surface area contributed by atoms with E-state index in [1.807, 2.05) is 55.5 Å². The summed E-state index contributed by atoms with van der Waals surface area (Å²) >= 11 is 0. The molecule has 25 heavy (non-hydrogen) atoms. The number of methoxy groups -OCH3 is 1. The zero-order valence-electron chi connectivity index (χ0n) is 14.5. The van der Waals surface area contributed by atoms with Gasteiger partial charge in [0.05, 0.1) is 25.4 Å². The van der Waals surface area contributed by atoms with E-state index in [9.17, 15) is 5.26 Å². The van der Waals surface area contributed by atoms with Gasteiger partial charge < -0.3 is 14.2 Å². The maximum atomic E-state index is 9.49. The van der Waals surface area contributed by atoms with Crippen LogP contribution >= 0.6 is 0 Å². The van der Waals surface area contributed by atoms with E-state index in [0.29, 0.717) is 30.3 Å². The summed E-state index contributed by atoms with van der Waals surface area (Å²) in [7, 11) is 1.61. The van der Waals surface area contributed by atoms with Crippen LogP contribution in [0.3, 0.4) is 0 Å². The van der Waals surface area contributed by atoms with Crippen LogP contribution in [0.4, 0.5) is 0 Å². The molecule has 0 aliphatic heterocycles. The Bertz CT molecular complexity index is 786. The van der Waals surface area contributed by atoms with Crippen LogP contribution in [0, 0.1) is 11.3 Å². The average Bonchev–Trinajstić information content (AvgIpc) is 2.66. The lowest BCUT2D eigenvalue weighted by Gasteiger charge is -2.11. The van der Waals surface area contributed by atoms with Crippen molar-refractivity contribution < 1.29 is 14.2 Å². The van der Waals surface area contributed by atoms with Crippen molar-refractivity contribution >= 4 is 11.6 Å². The molecule has 0 heterocycles. The third kappa shape index (κ3) is 4.89. The molecule has 0 N–H and O–H groups in total. The van der Waals surface area contributed by atoms with Crippen molar-refractivity contribution in [3.63, 3.8) is 0 Å². The lowest BCUT2D eigenvalue weighted by atomic mass is 10.0. The number of nitrogens with zero attached hydrogens (tertiary/aromatic N) is 1. The summed E-state index contributed by atoms with van der Waals surface area (Å²) in [6.45, 7) is 6.50. The molecule has 0 aromatic heterocycles. The molecule has 4 nitrogen and oxygen atoms in total. The first-order chi connectivity index (χ1) is 12.2. The zero-order chi connectivity index (χ0) is 18.1. The van der Waals surface area contributed by atoms with E-state index in [0.717, 1.165) is 16.9 Å². The lowest BCUT2D eigenvalue weighted by molar-refractivity contribution is 0.297. The standard InChI is InChI=1S/C21H21NO3/c1-4-12-25-20-11-6-16(14-21(20)24-5-2)13-18(15-22)17-7-9-19(23-3)10-8-17/h4,6-11,13-14H,1,5,12H2,2-3H3/b18-13+. The Kier molecular flexibility index (Phi) is 6.67. The average molecular weight is 335 g/mol. The highest BCUT2D eigenvalue weighted by Crippen LogP contribution is 2.30. The van der Waals surface area contributed by atoms with Gasteiger partial charge in [0.2, 0.25) is 0 Å². The number of rotatable bonds is 8. The molecule has 0 atom stereocenters. The summed E-state index contributed by atoms with van der Waals surface area (Å²) < 4.78 is 16.4. The van der Waals surface area contributed by atoms with Gasteiger partial charge in [-0.3, -0.25) is 0 Å². The molecule has 0 spiro atoms. The highest BCUT2D eigenvalue weighted by atomic mass is 16.5. The summed E-state index contributed by atoms with van der Waals surface area (Å²) in [5.74, 6) is 2.05. The molecule has 2 aromatic rings. The van der Waals surface area contributed by atoms with Crippen LogP contribution in [0.2, 0.25) is 0 Å². The van der Waals surface area contributed by atoms with Crippen molar-refractivity contribution in [2.24, 2.45) is 0 Å². The Balaban J connectivity index is 2.34. The van der Waals surface area contributed by atoms with Crippen molar-refractivity contribution in [3.05, 3.63) is 66.2 Å². The fourth-order valence-corrected chi connectivity index (χ4v) is 2.27. The van der Waals surface area contributed by atoms with Gasteiger partial charge in [-0.1, -0.05) is 18.7 Å². The molecule has 0 fully saturated rings. The first-order valence-electron chi connectivity index (χ1n) is 7.98.